The zero-order chi connectivity index (χ0) is 18.0. The molecule has 0 bridgehead atoms. The van der Waals surface area contributed by atoms with Crippen molar-refractivity contribution < 1.29 is 22.3 Å². The highest BCUT2D eigenvalue weighted by molar-refractivity contribution is 5.36. The first-order chi connectivity index (χ1) is 11.8. The zero-order valence-electron chi connectivity index (χ0n) is 13.6. The number of benzene rings is 1. The average Bonchev–Trinajstić information content (AvgIpc) is 3.00. The summed E-state index contributed by atoms with van der Waals surface area (Å²) in [7, 11) is 0. The largest absolute Gasteiger partial charge is 0.493 e. The molecule has 3 rings (SSSR count). The Morgan fingerprint density at radius 3 is 2.72 bits per heavy atom. The van der Waals surface area contributed by atoms with E-state index in [-0.39, 0.29) is 18.3 Å². The summed E-state index contributed by atoms with van der Waals surface area (Å²) >= 11 is 0. The molecule has 0 radical (unpaired) electrons. The number of aryl methyl sites for hydroxylation is 1. The number of halogens is 4. The standard InChI is InChI=1S/C17H17F4N3O/c1-11-8-15(18)23-16(22-11)24-7-6-12(9-24)10-25-14-5-3-2-4-13(14)17(19,20)21/h2-5,8,12H,6-7,9-10H2,1H3. The molecule has 1 atom stereocenters. The molecule has 0 spiro atoms. The highest BCUT2D eigenvalue weighted by atomic mass is 19.4. The first kappa shape index (κ1) is 17.4. The SMILES string of the molecule is Cc1cc(F)nc(N2CCC(COc3ccccc3C(F)(F)F)C2)n1. The van der Waals surface area contributed by atoms with E-state index in [4.69, 9.17) is 4.74 Å². The molecule has 2 heterocycles. The third-order valence-corrected chi connectivity index (χ3v) is 4.05. The van der Waals surface area contributed by atoms with Crippen molar-refractivity contribution in [1.82, 2.24) is 9.97 Å². The summed E-state index contributed by atoms with van der Waals surface area (Å²) in [5, 5.41) is 0. The van der Waals surface area contributed by atoms with E-state index in [0.29, 0.717) is 31.2 Å². The quantitative estimate of drug-likeness (QED) is 0.617. The lowest BCUT2D eigenvalue weighted by molar-refractivity contribution is -0.139. The van der Waals surface area contributed by atoms with Gasteiger partial charge in [0.2, 0.25) is 11.9 Å². The maximum Gasteiger partial charge on any atom is 0.419 e. The van der Waals surface area contributed by atoms with Gasteiger partial charge in [-0.3, -0.25) is 0 Å². The van der Waals surface area contributed by atoms with Crippen LogP contribution >= 0.6 is 0 Å². The molecular formula is C17H17F4N3O. The summed E-state index contributed by atoms with van der Waals surface area (Å²) in [5.41, 5.74) is -0.254. The molecular weight excluding hydrogens is 338 g/mol. The Kier molecular flexibility index (Phi) is 4.78. The molecule has 25 heavy (non-hydrogen) atoms. The average molecular weight is 355 g/mol. The molecule has 2 aromatic rings. The number of hydrogen-bond acceptors (Lipinski definition) is 4. The van der Waals surface area contributed by atoms with E-state index in [0.717, 1.165) is 6.07 Å². The van der Waals surface area contributed by atoms with Gasteiger partial charge in [0.25, 0.3) is 0 Å². The first-order valence-corrected chi connectivity index (χ1v) is 7.88. The minimum atomic E-state index is -4.45. The van der Waals surface area contributed by atoms with Crippen LogP contribution < -0.4 is 9.64 Å². The molecule has 1 aliphatic heterocycles. The van der Waals surface area contributed by atoms with Crippen molar-refractivity contribution in [1.29, 1.82) is 0 Å². The van der Waals surface area contributed by atoms with Gasteiger partial charge in [0.15, 0.2) is 0 Å². The Balaban J connectivity index is 1.63. The fraction of sp³-hybridized carbons (Fsp3) is 0.412. The van der Waals surface area contributed by atoms with Crippen molar-refractivity contribution in [3.05, 3.63) is 47.5 Å². The Bertz CT molecular complexity index is 731. The normalized spacial score (nSPS) is 17.8. The highest BCUT2D eigenvalue weighted by Gasteiger charge is 2.34. The molecule has 1 aliphatic rings. The number of rotatable bonds is 4. The van der Waals surface area contributed by atoms with Gasteiger partial charge in [-0.05, 0) is 25.5 Å². The van der Waals surface area contributed by atoms with Crippen molar-refractivity contribution in [2.45, 2.75) is 19.5 Å². The van der Waals surface area contributed by atoms with Gasteiger partial charge in [0.05, 0.1) is 12.2 Å². The Morgan fingerprint density at radius 1 is 1.24 bits per heavy atom. The van der Waals surface area contributed by atoms with Crippen LogP contribution in [-0.4, -0.2) is 29.7 Å². The van der Waals surface area contributed by atoms with Crippen molar-refractivity contribution >= 4 is 5.95 Å². The fourth-order valence-corrected chi connectivity index (χ4v) is 2.84. The summed E-state index contributed by atoms with van der Waals surface area (Å²) in [5.74, 6) is -0.447. The zero-order valence-corrected chi connectivity index (χ0v) is 13.6. The number of nitrogens with zero attached hydrogens (tertiary/aromatic N) is 3. The molecule has 0 N–H and O–H groups in total. The van der Waals surface area contributed by atoms with Crippen LogP contribution in [0.2, 0.25) is 0 Å². The molecule has 134 valence electrons. The Morgan fingerprint density at radius 2 is 2.00 bits per heavy atom. The molecule has 8 heteroatoms. The Labute approximate surface area is 142 Å². The van der Waals surface area contributed by atoms with Crippen LogP contribution in [0.25, 0.3) is 0 Å². The van der Waals surface area contributed by atoms with Gasteiger partial charge in [0, 0.05) is 30.8 Å². The van der Waals surface area contributed by atoms with E-state index in [2.05, 4.69) is 9.97 Å². The lowest BCUT2D eigenvalue weighted by Crippen LogP contribution is -2.24. The van der Waals surface area contributed by atoms with Gasteiger partial charge in [-0.2, -0.15) is 22.5 Å². The van der Waals surface area contributed by atoms with Crippen molar-refractivity contribution in [3.8, 4) is 5.75 Å². The summed E-state index contributed by atoms with van der Waals surface area (Å²) in [4.78, 5) is 9.79. The highest BCUT2D eigenvalue weighted by Crippen LogP contribution is 2.36. The summed E-state index contributed by atoms with van der Waals surface area (Å²) in [6.45, 7) is 2.95. The summed E-state index contributed by atoms with van der Waals surface area (Å²) in [6.07, 6.45) is -3.74. The second-order valence-electron chi connectivity index (χ2n) is 6.04. The predicted octanol–water partition coefficient (Wildman–Crippen LogP) is 3.85. The molecule has 1 aromatic carbocycles. The van der Waals surface area contributed by atoms with Crippen molar-refractivity contribution in [3.63, 3.8) is 0 Å². The van der Waals surface area contributed by atoms with Crippen molar-refractivity contribution in [2.24, 2.45) is 5.92 Å². The molecule has 1 aromatic heterocycles. The number of anilines is 1. The molecule has 1 saturated heterocycles. The van der Waals surface area contributed by atoms with Crippen LogP contribution in [0.5, 0.6) is 5.75 Å². The van der Waals surface area contributed by atoms with Gasteiger partial charge in [-0.1, -0.05) is 12.1 Å². The molecule has 0 amide bonds. The third-order valence-electron chi connectivity index (χ3n) is 4.05. The fourth-order valence-electron chi connectivity index (χ4n) is 2.84. The van der Waals surface area contributed by atoms with Crippen LogP contribution in [0.4, 0.5) is 23.5 Å². The van der Waals surface area contributed by atoms with E-state index in [1.807, 2.05) is 4.90 Å². The minimum Gasteiger partial charge on any atom is -0.493 e. The number of hydrogen-bond donors (Lipinski definition) is 0. The maximum absolute atomic E-state index is 13.4. The number of alkyl halides is 3. The number of para-hydroxylation sites is 1. The topological polar surface area (TPSA) is 38.2 Å². The van der Waals surface area contributed by atoms with Gasteiger partial charge in [0.1, 0.15) is 5.75 Å². The van der Waals surface area contributed by atoms with Gasteiger partial charge < -0.3 is 9.64 Å². The van der Waals surface area contributed by atoms with E-state index in [1.165, 1.54) is 24.3 Å². The van der Waals surface area contributed by atoms with Crippen LogP contribution in [0.1, 0.15) is 17.7 Å². The maximum atomic E-state index is 13.4. The van der Waals surface area contributed by atoms with Crippen LogP contribution in [0, 0.1) is 18.8 Å². The first-order valence-electron chi connectivity index (χ1n) is 7.88. The molecule has 0 saturated carbocycles. The lowest BCUT2D eigenvalue weighted by atomic mass is 10.1. The summed E-state index contributed by atoms with van der Waals surface area (Å²) in [6, 6.07) is 6.40. The second kappa shape index (κ2) is 6.85. The number of aromatic nitrogens is 2. The van der Waals surface area contributed by atoms with Crippen LogP contribution in [0.3, 0.4) is 0 Å². The molecule has 1 unspecified atom stereocenters. The smallest absolute Gasteiger partial charge is 0.419 e. The van der Waals surface area contributed by atoms with Gasteiger partial charge >= 0.3 is 6.18 Å². The van der Waals surface area contributed by atoms with E-state index in [9.17, 15) is 17.6 Å². The van der Waals surface area contributed by atoms with E-state index < -0.39 is 17.7 Å². The molecule has 0 aliphatic carbocycles. The Hall–Kier alpha value is -2.38. The number of ether oxygens (including phenoxy) is 1. The van der Waals surface area contributed by atoms with Crippen molar-refractivity contribution in [2.75, 3.05) is 24.6 Å². The van der Waals surface area contributed by atoms with E-state index >= 15 is 0 Å². The lowest BCUT2D eigenvalue weighted by Gasteiger charge is -2.18. The summed E-state index contributed by atoms with van der Waals surface area (Å²) < 4.78 is 57.7. The third kappa shape index (κ3) is 4.18. The molecule has 4 nitrogen and oxygen atoms in total. The van der Waals surface area contributed by atoms with E-state index in [1.54, 1.807) is 6.92 Å². The van der Waals surface area contributed by atoms with Crippen LogP contribution in [0.15, 0.2) is 30.3 Å². The molecule has 1 fully saturated rings. The minimum absolute atomic E-state index is 0.0217. The predicted molar refractivity (Wildman–Crippen MR) is 84.0 cm³/mol. The van der Waals surface area contributed by atoms with Crippen LogP contribution in [-0.2, 0) is 6.18 Å². The van der Waals surface area contributed by atoms with Gasteiger partial charge in [-0.15, -0.1) is 0 Å². The van der Waals surface area contributed by atoms with Gasteiger partial charge in [-0.25, -0.2) is 4.98 Å². The second-order valence-corrected chi connectivity index (χ2v) is 6.04. The monoisotopic (exact) mass is 355 g/mol.